The highest BCUT2D eigenvalue weighted by Crippen LogP contribution is 2.47. The van der Waals surface area contributed by atoms with Crippen molar-refractivity contribution in [1.29, 1.82) is 0 Å². The van der Waals surface area contributed by atoms with Crippen molar-refractivity contribution in [2.24, 2.45) is 0 Å². The van der Waals surface area contributed by atoms with E-state index >= 15 is 0 Å². The van der Waals surface area contributed by atoms with Crippen LogP contribution >= 0.6 is 0 Å². The number of ketones is 1. The molecule has 2 aromatic carbocycles. The first-order valence-electron chi connectivity index (χ1n) is 11.9. The molecule has 1 saturated heterocycles. The Bertz CT molecular complexity index is 1170. The molecule has 0 spiro atoms. The van der Waals surface area contributed by atoms with Crippen molar-refractivity contribution < 1.29 is 49.3 Å². The molecule has 37 heavy (non-hydrogen) atoms. The number of aliphatic hydroxyl groups is 3. The second-order valence-corrected chi connectivity index (χ2v) is 9.50. The summed E-state index contributed by atoms with van der Waals surface area (Å²) in [4.78, 5) is 13.8. The molecule has 2 aromatic rings. The third-order valence-corrected chi connectivity index (χ3v) is 6.61. The molecule has 4 rings (SSSR count). The molecule has 0 saturated carbocycles. The Balaban J connectivity index is 1.80. The molecule has 0 bridgehead atoms. The number of ether oxygens (including phenoxy) is 4. The van der Waals surface area contributed by atoms with Crippen molar-refractivity contribution in [3.63, 3.8) is 0 Å². The highest BCUT2D eigenvalue weighted by atomic mass is 16.7. The average Bonchev–Trinajstić information content (AvgIpc) is 2.86. The molecule has 0 radical (unpaired) electrons. The van der Waals surface area contributed by atoms with Crippen LogP contribution in [0.5, 0.6) is 23.0 Å². The number of rotatable bonds is 6. The average molecular weight is 517 g/mol. The van der Waals surface area contributed by atoms with Crippen molar-refractivity contribution >= 4 is 5.78 Å². The van der Waals surface area contributed by atoms with Crippen LogP contribution in [0.25, 0.3) is 0 Å². The number of Topliss-reactive ketones (excluding diaryl/α,β-unsaturated/α-hetero) is 1. The molecule has 0 aliphatic carbocycles. The number of methoxy groups -OCH3 is 1. The monoisotopic (exact) mass is 516 g/mol. The number of allylic oxidation sites excluding steroid dienone is 2. The van der Waals surface area contributed by atoms with E-state index in [-0.39, 0.29) is 23.5 Å². The lowest BCUT2D eigenvalue weighted by Gasteiger charge is -2.42. The predicted octanol–water partition coefficient (Wildman–Crippen LogP) is 2.14. The molecule has 2 aliphatic rings. The van der Waals surface area contributed by atoms with Crippen LogP contribution in [0.2, 0.25) is 0 Å². The van der Waals surface area contributed by atoms with Gasteiger partial charge in [-0.05, 0) is 44.9 Å². The van der Waals surface area contributed by atoms with E-state index in [0.29, 0.717) is 16.9 Å². The summed E-state index contributed by atoms with van der Waals surface area (Å²) in [5.41, 5.74) is 1.64. The molecule has 0 aromatic heterocycles. The van der Waals surface area contributed by atoms with Gasteiger partial charge < -0.3 is 44.5 Å². The molecule has 10 heteroatoms. The molecule has 2 aliphatic heterocycles. The summed E-state index contributed by atoms with van der Waals surface area (Å²) < 4.78 is 23.0. The van der Waals surface area contributed by atoms with Crippen LogP contribution in [0.1, 0.15) is 48.4 Å². The summed E-state index contributed by atoms with van der Waals surface area (Å²) >= 11 is 0. The lowest BCUT2D eigenvalue weighted by molar-refractivity contribution is -0.304. The number of carbonyl (C=O) groups is 1. The lowest BCUT2D eigenvalue weighted by Crippen LogP contribution is -2.59. The van der Waals surface area contributed by atoms with Crippen molar-refractivity contribution in [3.8, 4) is 23.0 Å². The first-order chi connectivity index (χ1) is 17.5. The Labute approximate surface area is 214 Å². The van der Waals surface area contributed by atoms with Gasteiger partial charge in [0.25, 0.3) is 0 Å². The molecule has 5 N–H and O–H groups in total. The summed E-state index contributed by atoms with van der Waals surface area (Å²) in [5, 5.41) is 52.0. The second-order valence-electron chi connectivity index (χ2n) is 9.50. The number of hydrogen-bond acceptors (Lipinski definition) is 10. The van der Waals surface area contributed by atoms with Crippen LogP contribution in [0, 0.1) is 0 Å². The maximum Gasteiger partial charge on any atom is 0.203 e. The van der Waals surface area contributed by atoms with Crippen LogP contribution < -0.4 is 9.47 Å². The van der Waals surface area contributed by atoms with Crippen molar-refractivity contribution in [3.05, 3.63) is 58.7 Å². The van der Waals surface area contributed by atoms with E-state index in [1.807, 2.05) is 19.9 Å². The Morgan fingerprint density at radius 3 is 2.32 bits per heavy atom. The smallest absolute Gasteiger partial charge is 0.203 e. The summed E-state index contributed by atoms with van der Waals surface area (Å²) in [7, 11) is 1.52. The number of fused-ring (bicyclic) bond motifs is 1. The maximum atomic E-state index is 13.8. The van der Waals surface area contributed by atoms with Gasteiger partial charge in [-0.25, -0.2) is 0 Å². The van der Waals surface area contributed by atoms with E-state index in [4.69, 9.17) is 18.9 Å². The fourth-order valence-electron chi connectivity index (χ4n) is 4.45. The van der Waals surface area contributed by atoms with Gasteiger partial charge in [0.2, 0.25) is 5.78 Å². The fourth-order valence-corrected chi connectivity index (χ4v) is 4.45. The first-order valence-corrected chi connectivity index (χ1v) is 11.9. The minimum Gasteiger partial charge on any atom is -0.507 e. The Kier molecular flexibility index (Phi) is 7.77. The number of hydrogen-bond donors (Lipinski definition) is 5. The highest BCUT2D eigenvalue weighted by Gasteiger charge is 2.48. The SMILES string of the molecule is COc1ccc([C@@H]2Oc3c(CC=C(C)C)c(O)cc(O)c3C(=O)[C@@H]2O[C@@H]2O[C@@H](C)[C@@H](O)[C@H](O)[C@@H]2O)cc1. The van der Waals surface area contributed by atoms with E-state index in [9.17, 15) is 30.3 Å². The third kappa shape index (κ3) is 5.16. The zero-order valence-electron chi connectivity index (χ0n) is 21.0. The van der Waals surface area contributed by atoms with Gasteiger partial charge in [0.1, 0.15) is 46.9 Å². The summed E-state index contributed by atoms with van der Waals surface area (Å²) in [6.45, 7) is 5.28. The van der Waals surface area contributed by atoms with Gasteiger partial charge >= 0.3 is 0 Å². The number of benzene rings is 2. The Morgan fingerprint density at radius 2 is 1.70 bits per heavy atom. The zero-order valence-corrected chi connectivity index (χ0v) is 21.0. The van der Waals surface area contributed by atoms with E-state index in [1.54, 1.807) is 24.3 Å². The van der Waals surface area contributed by atoms with Crippen molar-refractivity contribution in [2.75, 3.05) is 7.11 Å². The topological polar surface area (TPSA) is 155 Å². The molecule has 10 nitrogen and oxygen atoms in total. The second kappa shape index (κ2) is 10.7. The fraction of sp³-hybridized carbons (Fsp3) is 0.444. The van der Waals surface area contributed by atoms with Crippen LogP contribution in [-0.4, -0.2) is 75.2 Å². The predicted molar refractivity (Wildman–Crippen MR) is 131 cm³/mol. The minimum atomic E-state index is -1.65. The van der Waals surface area contributed by atoms with Gasteiger partial charge in [-0.3, -0.25) is 4.79 Å². The van der Waals surface area contributed by atoms with Gasteiger partial charge in [-0.15, -0.1) is 0 Å². The summed E-state index contributed by atoms with van der Waals surface area (Å²) in [6, 6.07) is 7.78. The summed E-state index contributed by atoms with van der Waals surface area (Å²) in [6.07, 6.45) is -7.33. The van der Waals surface area contributed by atoms with E-state index in [1.165, 1.54) is 14.0 Å². The van der Waals surface area contributed by atoms with Crippen LogP contribution in [-0.2, 0) is 15.9 Å². The highest BCUT2D eigenvalue weighted by molar-refractivity contribution is 6.06. The quantitative estimate of drug-likeness (QED) is 0.361. The molecule has 2 heterocycles. The number of phenols is 2. The van der Waals surface area contributed by atoms with E-state index in [2.05, 4.69) is 0 Å². The molecular formula is C27H32O10. The molecule has 0 unspecified atom stereocenters. The van der Waals surface area contributed by atoms with Crippen molar-refractivity contribution in [1.82, 2.24) is 0 Å². The molecule has 0 amide bonds. The van der Waals surface area contributed by atoms with Gasteiger partial charge in [0.15, 0.2) is 18.5 Å². The normalized spacial score (nSPS) is 29.3. The standard InChI is InChI=1S/C27H32O10/c1-12(2)5-10-16-17(28)11-18(29)19-21(31)26(37-27-23(33)22(32)20(30)13(3)35-27)24(36-25(16)19)14-6-8-15(34-4)9-7-14/h5-9,11,13,20,22-24,26-30,32-33H,10H2,1-4H3/t13-,20+,22-,23-,24-,26-,27-/m0/s1. The minimum absolute atomic E-state index is 0.0228. The largest absolute Gasteiger partial charge is 0.507 e. The van der Waals surface area contributed by atoms with E-state index < -0.39 is 54.4 Å². The van der Waals surface area contributed by atoms with Gasteiger partial charge in [0.05, 0.1) is 13.2 Å². The molecule has 200 valence electrons. The molecule has 7 atom stereocenters. The third-order valence-electron chi connectivity index (χ3n) is 6.61. The van der Waals surface area contributed by atoms with Crippen molar-refractivity contribution in [2.45, 2.75) is 70.1 Å². The summed E-state index contributed by atoms with van der Waals surface area (Å²) in [5.74, 6) is -0.794. The number of aromatic hydroxyl groups is 2. The van der Waals surface area contributed by atoms with E-state index in [0.717, 1.165) is 11.6 Å². The van der Waals surface area contributed by atoms with Crippen LogP contribution in [0.3, 0.4) is 0 Å². The maximum absolute atomic E-state index is 13.8. The Hall–Kier alpha value is -3.15. The Morgan fingerprint density at radius 1 is 1.03 bits per heavy atom. The van der Waals surface area contributed by atoms with Gasteiger partial charge in [-0.1, -0.05) is 23.8 Å². The number of phenolic OH excluding ortho intramolecular Hbond substituents is 2. The molecule has 1 fully saturated rings. The van der Waals surface area contributed by atoms with Gasteiger partial charge in [0, 0.05) is 11.6 Å². The van der Waals surface area contributed by atoms with Crippen LogP contribution in [0.15, 0.2) is 42.0 Å². The van der Waals surface area contributed by atoms with Crippen LogP contribution in [0.4, 0.5) is 0 Å². The number of aliphatic hydroxyl groups excluding tert-OH is 3. The zero-order chi connectivity index (χ0) is 27.0. The van der Waals surface area contributed by atoms with Gasteiger partial charge in [-0.2, -0.15) is 0 Å². The molecular weight excluding hydrogens is 484 g/mol. The first kappa shape index (κ1) is 26.9. The number of carbonyl (C=O) groups excluding carboxylic acids is 1. The lowest BCUT2D eigenvalue weighted by atomic mass is 9.89.